The first-order valence-electron chi connectivity index (χ1n) is 9.88. The normalized spacial score (nSPS) is 12.8. The first-order chi connectivity index (χ1) is 15.2. The summed E-state index contributed by atoms with van der Waals surface area (Å²) in [6, 6.07) is 11.9. The summed E-state index contributed by atoms with van der Waals surface area (Å²) in [5, 5.41) is 4.89. The van der Waals surface area contributed by atoms with Gasteiger partial charge in [0.1, 0.15) is 19.0 Å². The SMILES string of the molecule is CCn1c(-c2ccc3c(c2)OCCO3)cnc1SCc1noc(-c2ccc(F)cc2)n1. The smallest absolute Gasteiger partial charge is 0.257 e. The van der Waals surface area contributed by atoms with Gasteiger partial charge in [-0.15, -0.1) is 0 Å². The lowest BCUT2D eigenvalue weighted by Crippen LogP contribution is -2.15. The first kappa shape index (κ1) is 19.6. The van der Waals surface area contributed by atoms with Crippen molar-refractivity contribution in [2.75, 3.05) is 13.2 Å². The molecule has 0 fully saturated rings. The van der Waals surface area contributed by atoms with E-state index in [0.29, 0.717) is 36.2 Å². The molecule has 0 amide bonds. The number of hydrogen-bond acceptors (Lipinski definition) is 7. The third-order valence-electron chi connectivity index (χ3n) is 4.86. The van der Waals surface area contributed by atoms with Crippen molar-refractivity contribution in [3.05, 3.63) is 60.3 Å². The molecule has 0 aliphatic carbocycles. The lowest BCUT2D eigenvalue weighted by molar-refractivity contribution is 0.171. The molecular weight excluding hydrogens is 419 g/mol. The van der Waals surface area contributed by atoms with Crippen LogP contribution in [0.15, 0.2) is 58.3 Å². The van der Waals surface area contributed by atoms with E-state index in [4.69, 9.17) is 14.0 Å². The van der Waals surface area contributed by atoms with Crippen molar-refractivity contribution in [3.63, 3.8) is 0 Å². The molecule has 3 heterocycles. The molecule has 9 heteroatoms. The largest absolute Gasteiger partial charge is 0.486 e. The van der Waals surface area contributed by atoms with E-state index in [1.54, 1.807) is 12.1 Å². The Hall–Kier alpha value is -3.33. The van der Waals surface area contributed by atoms with Gasteiger partial charge < -0.3 is 18.6 Å². The highest BCUT2D eigenvalue weighted by atomic mass is 32.2. The van der Waals surface area contributed by atoms with Crippen molar-refractivity contribution >= 4 is 11.8 Å². The molecule has 1 aliphatic rings. The van der Waals surface area contributed by atoms with Crippen LogP contribution < -0.4 is 9.47 Å². The number of benzene rings is 2. The van der Waals surface area contributed by atoms with Crippen molar-refractivity contribution in [1.82, 2.24) is 19.7 Å². The number of aromatic nitrogens is 4. The van der Waals surface area contributed by atoms with Crippen molar-refractivity contribution in [2.24, 2.45) is 0 Å². The van der Waals surface area contributed by atoms with E-state index in [1.165, 1.54) is 23.9 Å². The number of imidazole rings is 1. The van der Waals surface area contributed by atoms with E-state index < -0.39 is 0 Å². The van der Waals surface area contributed by atoms with E-state index in [-0.39, 0.29) is 5.82 Å². The fourth-order valence-electron chi connectivity index (χ4n) is 3.36. The molecule has 0 atom stereocenters. The number of thioether (sulfide) groups is 1. The van der Waals surface area contributed by atoms with Gasteiger partial charge in [-0.05, 0) is 49.4 Å². The Balaban J connectivity index is 1.33. The minimum Gasteiger partial charge on any atom is -0.486 e. The molecule has 4 aromatic rings. The molecule has 7 nitrogen and oxygen atoms in total. The highest BCUT2D eigenvalue weighted by molar-refractivity contribution is 7.98. The van der Waals surface area contributed by atoms with Gasteiger partial charge in [0, 0.05) is 17.7 Å². The fourth-order valence-corrected chi connectivity index (χ4v) is 4.25. The number of ether oxygens (including phenoxy) is 2. The fraction of sp³-hybridized carbons (Fsp3) is 0.227. The van der Waals surface area contributed by atoms with Gasteiger partial charge in [-0.3, -0.25) is 0 Å². The highest BCUT2D eigenvalue weighted by Gasteiger charge is 2.17. The van der Waals surface area contributed by atoms with Crippen LogP contribution >= 0.6 is 11.8 Å². The zero-order chi connectivity index (χ0) is 21.2. The molecule has 31 heavy (non-hydrogen) atoms. The standard InChI is InChI=1S/C22H19FN4O3S/c1-2-27-17(15-5-8-18-19(11-15)29-10-9-28-18)12-24-22(27)31-13-20-25-21(30-26-20)14-3-6-16(23)7-4-14/h3-8,11-12H,2,9-10,13H2,1H3. The minimum atomic E-state index is -0.306. The molecule has 158 valence electrons. The third-order valence-corrected chi connectivity index (χ3v) is 5.85. The minimum absolute atomic E-state index is 0.306. The molecule has 0 N–H and O–H groups in total. The average Bonchev–Trinajstić information content (AvgIpc) is 3.44. The van der Waals surface area contributed by atoms with Gasteiger partial charge in [0.05, 0.1) is 17.6 Å². The molecule has 0 bridgehead atoms. The van der Waals surface area contributed by atoms with Gasteiger partial charge in [0.2, 0.25) is 0 Å². The summed E-state index contributed by atoms with van der Waals surface area (Å²) in [5.41, 5.74) is 2.70. The monoisotopic (exact) mass is 438 g/mol. The maximum Gasteiger partial charge on any atom is 0.257 e. The van der Waals surface area contributed by atoms with Crippen LogP contribution in [0.2, 0.25) is 0 Å². The summed E-state index contributed by atoms with van der Waals surface area (Å²) in [4.78, 5) is 9.00. The van der Waals surface area contributed by atoms with Gasteiger partial charge in [-0.25, -0.2) is 9.37 Å². The predicted molar refractivity (Wildman–Crippen MR) is 114 cm³/mol. The van der Waals surface area contributed by atoms with Crippen LogP contribution in [0, 0.1) is 5.82 Å². The van der Waals surface area contributed by atoms with Gasteiger partial charge in [0.15, 0.2) is 22.5 Å². The maximum absolute atomic E-state index is 13.1. The second kappa shape index (κ2) is 8.43. The number of fused-ring (bicyclic) bond motifs is 1. The molecule has 0 radical (unpaired) electrons. The topological polar surface area (TPSA) is 75.2 Å². The Morgan fingerprint density at radius 1 is 1.03 bits per heavy atom. The van der Waals surface area contributed by atoms with Gasteiger partial charge in [-0.1, -0.05) is 16.9 Å². The molecule has 0 saturated carbocycles. The van der Waals surface area contributed by atoms with Gasteiger partial charge >= 0.3 is 0 Å². The van der Waals surface area contributed by atoms with E-state index in [2.05, 4.69) is 26.6 Å². The van der Waals surface area contributed by atoms with Crippen molar-refractivity contribution in [1.29, 1.82) is 0 Å². The van der Waals surface area contributed by atoms with E-state index in [1.807, 2.05) is 24.4 Å². The zero-order valence-electron chi connectivity index (χ0n) is 16.7. The molecule has 1 aliphatic heterocycles. The van der Waals surface area contributed by atoms with Crippen LogP contribution in [0.25, 0.3) is 22.7 Å². The zero-order valence-corrected chi connectivity index (χ0v) is 17.6. The maximum atomic E-state index is 13.1. The summed E-state index contributed by atoms with van der Waals surface area (Å²) in [7, 11) is 0. The third kappa shape index (κ3) is 4.00. The Morgan fingerprint density at radius 3 is 2.61 bits per heavy atom. The lowest BCUT2D eigenvalue weighted by Gasteiger charge is -2.19. The summed E-state index contributed by atoms with van der Waals surface area (Å²) >= 11 is 1.53. The molecule has 0 spiro atoms. The summed E-state index contributed by atoms with van der Waals surface area (Å²) < 4.78 is 31.9. The Morgan fingerprint density at radius 2 is 1.81 bits per heavy atom. The second-order valence-corrected chi connectivity index (χ2v) is 7.78. The number of hydrogen-bond donors (Lipinski definition) is 0. The molecule has 0 saturated heterocycles. The quantitative estimate of drug-likeness (QED) is 0.400. The molecular formula is C22H19FN4O3S. The van der Waals surface area contributed by atoms with Crippen LogP contribution in [0.3, 0.4) is 0 Å². The number of halogens is 1. The van der Waals surface area contributed by atoms with Crippen LogP contribution in [-0.4, -0.2) is 32.9 Å². The molecule has 2 aromatic heterocycles. The Labute approximate surface area is 182 Å². The van der Waals surface area contributed by atoms with Crippen molar-refractivity contribution in [2.45, 2.75) is 24.4 Å². The average molecular weight is 438 g/mol. The lowest BCUT2D eigenvalue weighted by atomic mass is 10.1. The summed E-state index contributed by atoms with van der Waals surface area (Å²) in [6.45, 7) is 3.96. The van der Waals surface area contributed by atoms with E-state index >= 15 is 0 Å². The van der Waals surface area contributed by atoms with Crippen molar-refractivity contribution in [3.8, 4) is 34.2 Å². The predicted octanol–water partition coefficient (Wildman–Crippen LogP) is 4.82. The van der Waals surface area contributed by atoms with Crippen LogP contribution in [0.4, 0.5) is 4.39 Å². The molecule has 2 aromatic carbocycles. The van der Waals surface area contributed by atoms with Crippen LogP contribution in [0.5, 0.6) is 11.5 Å². The second-order valence-electron chi connectivity index (χ2n) is 6.84. The number of rotatable bonds is 6. The Kier molecular flexibility index (Phi) is 5.33. The van der Waals surface area contributed by atoms with Crippen LogP contribution in [0.1, 0.15) is 12.7 Å². The van der Waals surface area contributed by atoms with Crippen LogP contribution in [-0.2, 0) is 12.3 Å². The van der Waals surface area contributed by atoms with Gasteiger partial charge in [-0.2, -0.15) is 4.98 Å². The highest BCUT2D eigenvalue weighted by Crippen LogP contribution is 2.36. The van der Waals surface area contributed by atoms with Gasteiger partial charge in [0.25, 0.3) is 5.89 Å². The number of nitrogens with zero attached hydrogens (tertiary/aromatic N) is 4. The van der Waals surface area contributed by atoms with E-state index in [0.717, 1.165) is 34.5 Å². The van der Waals surface area contributed by atoms with Crippen molar-refractivity contribution < 1.29 is 18.4 Å². The summed E-state index contributed by atoms with van der Waals surface area (Å²) in [5.74, 6) is 2.63. The first-order valence-corrected chi connectivity index (χ1v) is 10.9. The van der Waals surface area contributed by atoms with E-state index in [9.17, 15) is 4.39 Å². The Bertz CT molecular complexity index is 1210. The molecule has 0 unspecified atom stereocenters. The molecule has 5 rings (SSSR count). The summed E-state index contributed by atoms with van der Waals surface area (Å²) in [6.07, 6.45) is 1.86.